The van der Waals surface area contributed by atoms with E-state index in [1.54, 1.807) is 0 Å². The Morgan fingerprint density at radius 2 is 2.00 bits per heavy atom. The van der Waals surface area contributed by atoms with Crippen molar-refractivity contribution in [3.63, 3.8) is 0 Å². The van der Waals surface area contributed by atoms with Crippen molar-refractivity contribution in [2.45, 2.75) is 25.9 Å². The van der Waals surface area contributed by atoms with E-state index in [0.29, 0.717) is 12.1 Å². The van der Waals surface area contributed by atoms with Gasteiger partial charge in [0.25, 0.3) is 0 Å². The van der Waals surface area contributed by atoms with Gasteiger partial charge >= 0.3 is 0 Å². The summed E-state index contributed by atoms with van der Waals surface area (Å²) in [5.74, 6) is 0. The molecule has 0 saturated carbocycles. The second kappa shape index (κ2) is 5.64. The minimum Gasteiger partial charge on any atom is -0.312 e. The molecular weight excluding hydrogens is 186 g/mol. The zero-order valence-corrected chi connectivity index (χ0v) is 10.7. The molecule has 1 aliphatic heterocycles. The van der Waals surface area contributed by atoms with E-state index in [-0.39, 0.29) is 0 Å². The first-order chi connectivity index (χ1) is 7.04. The number of hydrogen-bond donors (Lipinski definition) is 1. The lowest BCUT2D eigenvalue weighted by atomic mass is 10.0. The smallest absolute Gasteiger partial charge is 0.0420 e. The standard InChI is InChI=1S/C12H25N3/c1-10(2)8-11(13-3)12-9-14(4)6-7-15(12)5/h8,11-13H,6-7,9H2,1-5H3. The molecule has 0 radical (unpaired) electrons. The van der Waals surface area contributed by atoms with Crippen molar-refractivity contribution in [2.75, 3.05) is 40.8 Å². The van der Waals surface area contributed by atoms with Gasteiger partial charge in [0.05, 0.1) is 0 Å². The Hall–Kier alpha value is -0.380. The van der Waals surface area contributed by atoms with Crippen molar-refractivity contribution in [1.82, 2.24) is 15.1 Å². The van der Waals surface area contributed by atoms with Gasteiger partial charge in [0.2, 0.25) is 0 Å². The van der Waals surface area contributed by atoms with Crippen molar-refractivity contribution in [3.8, 4) is 0 Å². The predicted molar refractivity (Wildman–Crippen MR) is 66.2 cm³/mol. The van der Waals surface area contributed by atoms with Gasteiger partial charge in [-0.2, -0.15) is 0 Å². The summed E-state index contributed by atoms with van der Waals surface area (Å²) in [6, 6.07) is 1.05. The number of hydrogen-bond acceptors (Lipinski definition) is 3. The van der Waals surface area contributed by atoms with Crippen LogP contribution in [0.3, 0.4) is 0 Å². The Balaban J connectivity index is 2.68. The fourth-order valence-corrected chi connectivity index (χ4v) is 2.18. The molecule has 0 spiro atoms. The first kappa shape index (κ1) is 12.7. The molecule has 0 bridgehead atoms. The molecule has 1 heterocycles. The molecule has 88 valence electrons. The average Bonchev–Trinajstić information content (AvgIpc) is 2.18. The maximum absolute atomic E-state index is 3.41. The van der Waals surface area contributed by atoms with Gasteiger partial charge in [0.15, 0.2) is 0 Å². The van der Waals surface area contributed by atoms with E-state index < -0.39 is 0 Å². The van der Waals surface area contributed by atoms with Crippen LogP contribution in [0.25, 0.3) is 0 Å². The SMILES string of the molecule is CNC(C=C(C)C)C1CN(C)CCN1C. The Morgan fingerprint density at radius 3 is 2.53 bits per heavy atom. The molecule has 2 atom stereocenters. The predicted octanol–water partition coefficient (Wildman–Crippen LogP) is 0.786. The van der Waals surface area contributed by atoms with Gasteiger partial charge in [-0.25, -0.2) is 0 Å². The third kappa shape index (κ3) is 3.59. The van der Waals surface area contributed by atoms with Crippen LogP contribution in [-0.4, -0.2) is 62.7 Å². The van der Waals surface area contributed by atoms with Crippen molar-refractivity contribution in [3.05, 3.63) is 11.6 Å². The molecule has 15 heavy (non-hydrogen) atoms. The van der Waals surface area contributed by atoms with E-state index in [0.717, 1.165) is 13.1 Å². The van der Waals surface area contributed by atoms with E-state index in [1.807, 2.05) is 7.05 Å². The number of nitrogens with zero attached hydrogens (tertiary/aromatic N) is 2. The van der Waals surface area contributed by atoms with E-state index >= 15 is 0 Å². The third-order valence-electron chi connectivity index (χ3n) is 3.16. The molecule has 0 aromatic rings. The molecule has 0 amide bonds. The monoisotopic (exact) mass is 211 g/mol. The molecule has 0 aliphatic carbocycles. The summed E-state index contributed by atoms with van der Waals surface area (Å²) in [6.07, 6.45) is 2.33. The van der Waals surface area contributed by atoms with Crippen molar-refractivity contribution < 1.29 is 0 Å². The summed E-state index contributed by atoms with van der Waals surface area (Å²) in [7, 11) is 6.47. The fraction of sp³-hybridized carbons (Fsp3) is 0.833. The Kier molecular flexibility index (Phi) is 4.77. The molecule has 1 N–H and O–H groups in total. The number of nitrogens with one attached hydrogen (secondary N) is 1. The third-order valence-corrected chi connectivity index (χ3v) is 3.16. The highest BCUT2D eigenvalue weighted by Crippen LogP contribution is 2.12. The van der Waals surface area contributed by atoms with E-state index in [1.165, 1.54) is 12.1 Å². The highest BCUT2D eigenvalue weighted by Gasteiger charge is 2.27. The zero-order chi connectivity index (χ0) is 11.4. The summed E-state index contributed by atoms with van der Waals surface area (Å²) in [5.41, 5.74) is 1.39. The summed E-state index contributed by atoms with van der Waals surface area (Å²) in [6.45, 7) is 7.81. The first-order valence-electron chi connectivity index (χ1n) is 5.75. The van der Waals surface area contributed by atoms with Gasteiger partial charge in [-0.15, -0.1) is 0 Å². The van der Waals surface area contributed by atoms with Gasteiger partial charge < -0.3 is 10.2 Å². The number of allylic oxidation sites excluding steroid dienone is 1. The van der Waals surface area contributed by atoms with E-state index in [9.17, 15) is 0 Å². The molecule has 1 fully saturated rings. The fourth-order valence-electron chi connectivity index (χ4n) is 2.18. The van der Waals surface area contributed by atoms with Crippen molar-refractivity contribution >= 4 is 0 Å². The van der Waals surface area contributed by atoms with Crippen LogP contribution in [0.4, 0.5) is 0 Å². The number of rotatable bonds is 3. The quantitative estimate of drug-likeness (QED) is 0.696. The van der Waals surface area contributed by atoms with Crippen LogP contribution in [0, 0.1) is 0 Å². The van der Waals surface area contributed by atoms with Crippen LogP contribution < -0.4 is 5.32 Å². The van der Waals surface area contributed by atoms with Gasteiger partial charge in [-0.05, 0) is 35.0 Å². The topological polar surface area (TPSA) is 18.5 Å². The van der Waals surface area contributed by atoms with E-state index in [2.05, 4.69) is 49.1 Å². The van der Waals surface area contributed by atoms with Gasteiger partial charge in [-0.3, -0.25) is 4.90 Å². The summed E-state index contributed by atoms with van der Waals surface area (Å²) < 4.78 is 0. The average molecular weight is 211 g/mol. The lowest BCUT2D eigenvalue weighted by molar-refractivity contribution is 0.100. The summed E-state index contributed by atoms with van der Waals surface area (Å²) in [4.78, 5) is 4.87. The zero-order valence-electron chi connectivity index (χ0n) is 10.7. The van der Waals surface area contributed by atoms with Gasteiger partial charge in [0, 0.05) is 31.7 Å². The van der Waals surface area contributed by atoms with Crippen LogP contribution in [-0.2, 0) is 0 Å². The Bertz CT molecular complexity index is 221. The maximum Gasteiger partial charge on any atom is 0.0420 e. The van der Waals surface area contributed by atoms with Crippen molar-refractivity contribution in [2.24, 2.45) is 0 Å². The lowest BCUT2D eigenvalue weighted by Crippen LogP contribution is -2.57. The molecule has 3 nitrogen and oxygen atoms in total. The molecular formula is C12H25N3. The second-order valence-corrected chi connectivity index (χ2v) is 4.87. The first-order valence-corrected chi connectivity index (χ1v) is 5.75. The molecule has 1 rings (SSSR count). The maximum atomic E-state index is 3.41. The molecule has 0 aromatic carbocycles. The molecule has 1 aliphatic rings. The lowest BCUT2D eigenvalue weighted by Gasteiger charge is -2.41. The minimum atomic E-state index is 0.461. The Labute approximate surface area is 94.1 Å². The van der Waals surface area contributed by atoms with Crippen LogP contribution in [0.2, 0.25) is 0 Å². The van der Waals surface area contributed by atoms with Crippen LogP contribution in [0.5, 0.6) is 0 Å². The second-order valence-electron chi connectivity index (χ2n) is 4.87. The number of piperazine rings is 1. The van der Waals surface area contributed by atoms with E-state index in [4.69, 9.17) is 0 Å². The molecule has 1 saturated heterocycles. The summed E-state index contributed by atoms with van der Waals surface area (Å²) >= 11 is 0. The van der Waals surface area contributed by atoms with Crippen molar-refractivity contribution in [1.29, 1.82) is 0 Å². The molecule has 2 unspecified atom stereocenters. The van der Waals surface area contributed by atoms with Crippen LogP contribution >= 0.6 is 0 Å². The Morgan fingerprint density at radius 1 is 1.33 bits per heavy atom. The normalized spacial score (nSPS) is 26.3. The highest BCUT2D eigenvalue weighted by molar-refractivity contribution is 5.06. The minimum absolute atomic E-state index is 0.461. The highest BCUT2D eigenvalue weighted by atomic mass is 15.3. The number of likely N-dealkylation sites (N-methyl/N-ethyl adjacent to an activating group) is 3. The largest absolute Gasteiger partial charge is 0.312 e. The molecule has 3 heteroatoms. The van der Waals surface area contributed by atoms with Gasteiger partial charge in [-0.1, -0.05) is 11.6 Å². The summed E-state index contributed by atoms with van der Waals surface area (Å²) in [5, 5.41) is 3.41. The molecule has 0 aromatic heterocycles. The van der Waals surface area contributed by atoms with Gasteiger partial charge in [0.1, 0.15) is 0 Å². The van der Waals surface area contributed by atoms with Crippen LogP contribution in [0.15, 0.2) is 11.6 Å². The van der Waals surface area contributed by atoms with Crippen LogP contribution in [0.1, 0.15) is 13.8 Å².